The molecule has 2 N–H and O–H groups in total. The van der Waals surface area contributed by atoms with Crippen LogP contribution in [0, 0.1) is 0 Å². The second-order valence-electron chi connectivity index (χ2n) is 6.73. The van der Waals surface area contributed by atoms with E-state index in [1.54, 1.807) is 12.1 Å². The Labute approximate surface area is 165 Å². The van der Waals surface area contributed by atoms with Gasteiger partial charge in [0.2, 0.25) is 5.91 Å². The predicted octanol–water partition coefficient (Wildman–Crippen LogP) is 3.29. The number of anilines is 1. The fraction of sp³-hybridized carbons (Fsp3) is 0.381. The lowest BCUT2D eigenvalue weighted by Crippen LogP contribution is -2.38. The highest BCUT2D eigenvalue weighted by Gasteiger charge is 2.16. The molecule has 1 unspecified atom stereocenters. The van der Waals surface area contributed by atoms with Gasteiger partial charge in [0, 0.05) is 26.2 Å². The predicted molar refractivity (Wildman–Crippen MR) is 109 cm³/mol. The zero-order chi connectivity index (χ0) is 19.1. The molecule has 2 aromatic carbocycles. The summed E-state index contributed by atoms with van der Waals surface area (Å²) in [5.41, 5.74) is 3.12. The second-order valence-corrected chi connectivity index (χ2v) is 7.14. The van der Waals surface area contributed by atoms with Crippen LogP contribution in [0.15, 0.2) is 48.5 Å². The third kappa shape index (κ3) is 5.78. The van der Waals surface area contributed by atoms with E-state index in [9.17, 15) is 4.79 Å². The van der Waals surface area contributed by atoms with E-state index in [2.05, 4.69) is 33.7 Å². The van der Waals surface area contributed by atoms with E-state index in [4.69, 9.17) is 16.3 Å². The summed E-state index contributed by atoms with van der Waals surface area (Å²) in [6.45, 7) is 6.89. The number of rotatable bonds is 7. The average Bonchev–Trinajstić information content (AvgIpc) is 2.69. The van der Waals surface area contributed by atoms with Crippen molar-refractivity contribution < 1.29 is 9.53 Å². The van der Waals surface area contributed by atoms with Crippen molar-refractivity contribution in [1.82, 2.24) is 10.2 Å². The summed E-state index contributed by atoms with van der Waals surface area (Å²) in [5, 5.41) is 6.72. The van der Waals surface area contributed by atoms with Gasteiger partial charge in [-0.25, -0.2) is 0 Å². The molecule has 0 radical (unpaired) electrons. The average molecular weight is 388 g/mol. The highest BCUT2D eigenvalue weighted by molar-refractivity contribution is 6.33. The van der Waals surface area contributed by atoms with Crippen molar-refractivity contribution in [3.8, 4) is 0 Å². The fourth-order valence-corrected chi connectivity index (χ4v) is 3.23. The number of carbonyl (C=O) groups is 1. The summed E-state index contributed by atoms with van der Waals surface area (Å²) in [6, 6.07) is 15.3. The molecular formula is C21H26ClN3O2. The Morgan fingerprint density at radius 1 is 1.11 bits per heavy atom. The molecule has 5 nitrogen and oxygen atoms in total. The van der Waals surface area contributed by atoms with Crippen LogP contribution in [-0.4, -0.2) is 43.2 Å². The minimum Gasteiger partial charge on any atom is -0.379 e. The first kappa shape index (κ1) is 19.8. The van der Waals surface area contributed by atoms with Crippen molar-refractivity contribution in [1.29, 1.82) is 0 Å². The van der Waals surface area contributed by atoms with Crippen molar-refractivity contribution in [2.45, 2.75) is 26.1 Å². The molecule has 27 heavy (non-hydrogen) atoms. The summed E-state index contributed by atoms with van der Waals surface area (Å²) in [7, 11) is 0. The van der Waals surface area contributed by atoms with Crippen LogP contribution < -0.4 is 10.6 Å². The van der Waals surface area contributed by atoms with E-state index in [-0.39, 0.29) is 11.9 Å². The lowest BCUT2D eigenvalue weighted by atomic mass is 10.1. The summed E-state index contributed by atoms with van der Waals surface area (Å²) < 4.78 is 5.42. The Morgan fingerprint density at radius 3 is 2.52 bits per heavy atom. The molecule has 6 heteroatoms. The van der Waals surface area contributed by atoms with Gasteiger partial charge in [-0.3, -0.25) is 9.69 Å². The zero-order valence-electron chi connectivity index (χ0n) is 15.6. The van der Waals surface area contributed by atoms with Gasteiger partial charge >= 0.3 is 0 Å². The van der Waals surface area contributed by atoms with E-state index < -0.39 is 0 Å². The van der Waals surface area contributed by atoms with Gasteiger partial charge in [-0.1, -0.05) is 48.0 Å². The van der Waals surface area contributed by atoms with Crippen LogP contribution in [0.4, 0.5) is 5.69 Å². The summed E-state index contributed by atoms with van der Waals surface area (Å²) >= 11 is 6.11. The van der Waals surface area contributed by atoms with E-state index in [1.165, 1.54) is 11.1 Å². The lowest BCUT2D eigenvalue weighted by molar-refractivity contribution is -0.117. The van der Waals surface area contributed by atoms with Crippen molar-refractivity contribution in [2.75, 3.05) is 31.6 Å². The number of carbonyl (C=O) groups excluding carboxylic acids is 1. The molecule has 0 aromatic heterocycles. The summed E-state index contributed by atoms with van der Waals surface area (Å²) in [6.07, 6.45) is 0. The number of para-hydroxylation sites is 1. The van der Waals surface area contributed by atoms with Crippen LogP contribution >= 0.6 is 11.6 Å². The third-order valence-electron chi connectivity index (χ3n) is 4.74. The summed E-state index contributed by atoms with van der Waals surface area (Å²) in [4.78, 5) is 14.8. The molecular weight excluding hydrogens is 362 g/mol. The molecule has 0 spiro atoms. The number of amides is 1. The van der Waals surface area contributed by atoms with E-state index >= 15 is 0 Å². The SMILES string of the molecule is CC(NCc1ccccc1CN1CCOCC1)C(=O)Nc1ccccc1Cl. The maximum absolute atomic E-state index is 12.4. The maximum atomic E-state index is 12.4. The molecule has 1 amide bonds. The number of hydrogen-bond donors (Lipinski definition) is 2. The largest absolute Gasteiger partial charge is 0.379 e. The first-order chi connectivity index (χ1) is 13.1. The first-order valence-corrected chi connectivity index (χ1v) is 9.67. The van der Waals surface area contributed by atoms with Crippen LogP contribution in [-0.2, 0) is 22.6 Å². The number of morpholine rings is 1. The number of nitrogens with one attached hydrogen (secondary N) is 2. The lowest BCUT2D eigenvalue weighted by Gasteiger charge is -2.27. The molecule has 1 atom stereocenters. The molecule has 1 heterocycles. The van der Waals surface area contributed by atoms with Crippen molar-refractivity contribution in [3.63, 3.8) is 0 Å². The highest BCUT2D eigenvalue weighted by Crippen LogP contribution is 2.20. The van der Waals surface area contributed by atoms with Gasteiger partial charge in [0.1, 0.15) is 0 Å². The highest BCUT2D eigenvalue weighted by atomic mass is 35.5. The molecule has 0 bridgehead atoms. The van der Waals surface area contributed by atoms with Crippen LogP contribution in [0.3, 0.4) is 0 Å². The number of ether oxygens (including phenoxy) is 1. The number of hydrogen-bond acceptors (Lipinski definition) is 4. The van der Waals surface area contributed by atoms with Crippen molar-refractivity contribution in [2.24, 2.45) is 0 Å². The second kappa shape index (κ2) is 9.85. The van der Waals surface area contributed by atoms with E-state index in [0.29, 0.717) is 17.3 Å². The van der Waals surface area contributed by atoms with Gasteiger partial charge in [0.25, 0.3) is 0 Å². The quantitative estimate of drug-likeness (QED) is 0.765. The van der Waals surface area contributed by atoms with Crippen LogP contribution in [0.5, 0.6) is 0 Å². The molecule has 0 aliphatic carbocycles. The Hall–Kier alpha value is -1.92. The maximum Gasteiger partial charge on any atom is 0.241 e. The summed E-state index contributed by atoms with van der Waals surface area (Å²) in [5.74, 6) is -0.103. The number of nitrogens with zero attached hydrogens (tertiary/aromatic N) is 1. The molecule has 1 fully saturated rings. The van der Waals surface area contributed by atoms with Crippen molar-refractivity contribution >= 4 is 23.2 Å². The molecule has 3 rings (SSSR count). The van der Waals surface area contributed by atoms with E-state index in [0.717, 1.165) is 32.8 Å². The first-order valence-electron chi connectivity index (χ1n) is 9.29. The van der Waals surface area contributed by atoms with Crippen LogP contribution in [0.1, 0.15) is 18.1 Å². The van der Waals surface area contributed by atoms with Gasteiger partial charge in [0.05, 0.1) is 30.0 Å². The molecule has 1 saturated heterocycles. The van der Waals surface area contributed by atoms with E-state index in [1.807, 2.05) is 25.1 Å². The Bertz CT molecular complexity index is 763. The topological polar surface area (TPSA) is 53.6 Å². The van der Waals surface area contributed by atoms with Gasteiger partial charge < -0.3 is 15.4 Å². The van der Waals surface area contributed by atoms with Crippen LogP contribution in [0.2, 0.25) is 5.02 Å². The minimum absolute atomic E-state index is 0.103. The van der Waals surface area contributed by atoms with Gasteiger partial charge in [-0.2, -0.15) is 0 Å². The smallest absolute Gasteiger partial charge is 0.241 e. The minimum atomic E-state index is -0.335. The molecule has 0 saturated carbocycles. The molecule has 144 valence electrons. The number of halogens is 1. The number of benzene rings is 2. The monoisotopic (exact) mass is 387 g/mol. The molecule has 1 aliphatic rings. The standard InChI is InChI=1S/C21H26ClN3O2/c1-16(21(26)24-20-9-5-4-8-19(20)22)23-14-17-6-2-3-7-18(17)15-25-10-12-27-13-11-25/h2-9,16,23H,10-15H2,1H3,(H,24,26). The normalized spacial score (nSPS) is 16.1. The van der Waals surface area contributed by atoms with Crippen molar-refractivity contribution in [3.05, 3.63) is 64.7 Å². The Kier molecular flexibility index (Phi) is 7.24. The Morgan fingerprint density at radius 2 is 1.78 bits per heavy atom. The zero-order valence-corrected chi connectivity index (χ0v) is 16.3. The van der Waals surface area contributed by atoms with Gasteiger partial charge in [-0.05, 0) is 30.2 Å². The molecule has 2 aromatic rings. The van der Waals surface area contributed by atoms with Gasteiger partial charge in [0.15, 0.2) is 0 Å². The van der Waals surface area contributed by atoms with Gasteiger partial charge in [-0.15, -0.1) is 0 Å². The third-order valence-corrected chi connectivity index (χ3v) is 5.07. The fourth-order valence-electron chi connectivity index (χ4n) is 3.04. The molecule has 1 aliphatic heterocycles. The Balaban J connectivity index is 1.56. The van der Waals surface area contributed by atoms with Crippen LogP contribution in [0.25, 0.3) is 0 Å².